The Morgan fingerprint density at radius 3 is 1.96 bits per heavy atom. The molecule has 5 aromatic heterocycles. The van der Waals surface area contributed by atoms with Crippen molar-refractivity contribution in [2.24, 2.45) is 0 Å². The summed E-state index contributed by atoms with van der Waals surface area (Å²) in [6, 6.07) is 9.91. The third-order valence-corrected chi connectivity index (χ3v) is 7.75. The molecule has 2 amide bonds. The highest BCUT2D eigenvalue weighted by Gasteiger charge is 2.28. The summed E-state index contributed by atoms with van der Waals surface area (Å²) in [5, 5.41) is 0. The molecule has 0 atom stereocenters. The molecule has 0 aliphatic carbocycles. The standard InChI is InChI=1S/C34H39N9O6/c1-5-15-42-30-27(33(46)43(16-6-2)34(42)47)38-28(39-30)25-11-12-26(40(17-19-48-3)31(44)23-9-7-13-35-21-23)37-29(25)41(18-20-49-4)32(45)24-10-8-14-36-22-24/h7-14,21-22H,5-6,15-20H2,1-4H3,(H,38,39). The van der Waals surface area contributed by atoms with Crippen LogP contribution in [0.15, 0.2) is 70.8 Å². The number of rotatable bonds is 15. The van der Waals surface area contributed by atoms with Crippen molar-refractivity contribution in [2.45, 2.75) is 39.8 Å². The second kappa shape index (κ2) is 16.0. The molecule has 0 bridgehead atoms. The summed E-state index contributed by atoms with van der Waals surface area (Å²) in [7, 11) is 3.05. The Bertz CT molecular complexity index is 2030. The van der Waals surface area contributed by atoms with Crippen molar-refractivity contribution in [3.05, 3.63) is 93.2 Å². The molecular weight excluding hydrogens is 630 g/mol. The maximum absolute atomic E-state index is 14.1. The minimum Gasteiger partial charge on any atom is -0.383 e. The summed E-state index contributed by atoms with van der Waals surface area (Å²) in [4.78, 5) is 78.7. The smallest absolute Gasteiger partial charge is 0.332 e. The first-order valence-electron chi connectivity index (χ1n) is 16.0. The second-order valence-corrected chi connectivity index (χ2v) is 11.1. The number of pyridine rings is 3. The van der Waals surface area contributed by atoms with Gasteiger partial charge in [0.1, 0.15) is 23.0 Å². The molecule has 0 saturated carbocycles. The van der Waals surface area contributed by atoms with Crippen molar-refractivity contribution < 1.29 is 19.1 Å². The van der Waals surface area contributed by atoms with Gasteiger partial charge in [-0.15, -0.1) is 0 Å². The van der Waals surface area contributed by atoms with E-state index in [1.54, 1.807) is 48.8 Å². The van der Waals surface area contributed by atoms with Crippen LogP contribution in [0.5, 0.6) is 0 Å². The first-order valence-corrected chi connectivity index (χ1v) is 16.0. The van der Waals surface area contributed by atoms with Crippen LogP contribution >= 0.6 is 0 Å². The number of imidazole rings is 1. The quantitative estimate of drug-likeness (QED) is 0.175. The second-order valence-electron chi connectivity index (χ2n) is 11.1. The van der Waals surface area contributed by atoms with E-state index in [4.69, 9.17) is 19.4 Å². The number of nitrogens with zero attached hydrogens (tertiary/aromatic N) is 8. The summed E-state index contributed by atoms with van der Waals surface area (Å²) in [5.41, 5.74) is 0.405. The molecule has 0 radical (unpaired) electrons. The van der Waals surface area contributed by atoms with Crippen molar-refractivity contribution in [3.63, 3.8) is 0 Å². The van der Waals surface area contributed by atoms with E-state index < -0.39 is 17.2 Å². The highest BCUT2D eigenvalue weighted by molar-refractivity contribution is 6.08. The number of ether oxygens (including phenoxy) is 2. The van der Waals surface area contributed by atoms with Crippen LogP contribution in [-0.2, 0) is 22.6 Å². The highest BCUT2D eigenvalue weighted by atomic mass is 16.5. The van der Waals surface area contributed by atoms with Crippen molar-refractivity contribution >= 4 is 34.6 Å². The first kappa shape index (κ1) is 34.8. The normalized spacial score (nSPS) is 11.2. The summed E-state index contributed by atoms with van der Waals surface area (Å²) in [6.07, 6.45) is 7.27. The Morgan fingerprint density at radius 1 is 0.796 bits per heavy atom. The lowest BCUT2D eigenvalue weighted by Crippen LogP contribution is -2.40. The summed E-state index contributed by atoms with van der Waals surface area (Å²) >= 11 is 0. The predicted molar refractivity (Wildman–Crippen MR) is 184 cm³/mol. The third-order valence-electron chi connectivity index (χ3n) is 7.75. The van der Waals surface area contributed by atoms with Gasteiger partial charge < -0.3 is 14.5 Å². The maximum Gasteiger partial charge on any atom is 0.332 e. The van der Waals surface area contributed by atoms with Crippen molar-refractivity contribution in [1.82, 2.24) is 34.1 Å². The SMILES string of the molecule is CCCn1c(=O)c2[nH]c(-c3ccc(N(CCOC)C(=O)c4cccnc4)nc3N(CCOC)C(=O)c3cccnc3)nc2n(CCC)c1=O. The minimum atomic E-state index is -0.491. The molecule has 0 fully saturated rings. The van der Waals surface area contributed by atoms with Crippen LogP contribution in [0, 0.1) is 0 Å². The van der Waals surface area contributed by atoms with Gasteiger partial charge in [-0.05, 0) is 49.2 Å². The van der Waals surface area contributed by atoms with E-state index in [0.29, 0.717) is 36.1 Å². The molecule has 5 aromatic rings. The molecule has 0 aliphatic rings. The molecule has 15 heteroatoms. The number of carbonyl (C=O) groups excluding carboxylic acids is 2. The summed E-state index contributed by atoms with van der Waals surface area (Å²) in [5.74, 6) is -0.217. The van der Waals surface area contributed by atoms with E-state index >= 15 is 0 Å². The average Bonchev–Trinajstić information content (AvgIpc) is 3.58. The van der Waals surface area contributed by atoms with E-state index in [2.05, 4.69) is 15.0 Å². The number of aryl methyl sites for hydroxylation is 1. The molecule has 0 spiro atoms. The number of fused-ring (bicyclic) bond motifs is 1. The van der Waals surface area contributed by atoms with Crippen LogP contribution in [0.1, 0.15) is 47.4 Å². The lowest BCUT2D eigenvalue weighted by Gasteiger charge is -2.27. The van der Waals surface area contributed by atoms with Gasteiger partial charge in [0.15, 0.2) is 5.65 Å². The van der Waals surface area contributed by atoms with E-state index in [0.717, 1.165) is 0 Å². The van der Waals surface area contributed by atoms with E-state index in [1.165, 1.54) is 45.5 Å². The van der Waals surface area contributed by atoms with Crippen molar-refractivity contribution in [3.8, 4) is 11.4 Å². The fourth-order valence-corrected chi connectivity index (χ4v) is 5.40. The number of amides is 2. The molecular formula is C34H39N9O6. The van der Waals surface area contributed by atoms with Gasteiger partial charge in [0, 0.05) is 52.1 Å². The summed E-state index contributed by atoms with van der Waals surface area (Å²) in [6.45, 7) is 5.00. The molecule has 256 valence electrons. The Labute approximate surface area is 282 Å². The zero-order valence-electron chi connectivity index (χ0n) is 28.0. The fourth-order valence-electron chi connectivity index (χ4n) is 5.40. The molecule has 0 aliphatic heterocycles. The lowest BCUT2D eigenvalue weighted by atomic mass is 10.1. The summed E-state index contributed by atoms with van der Waals surface area (Å²) < 4.78 is 13.4. The molecule has 5 heterocycles. The molecule has 0 saturated heterocycles. The Morgan fingerprint density at radius 2 is 1.39 bits per heavy atom. The number of hydrogen-bond donors (Lipinski definition) is 1. The van der Waals surface area contributed by atoms with Gasteiger partial charge >= 0.3 is 5.69 Å². The number of anilines is 2. The Balaban J connectivity index is 1.76. The van der Waals surface area contributed by atoms with Crippen LogP contribution in [0.25, 0.3) is 22.6 Å². The lowest BCUT2D eigenvalue weighted by molar-refractivity contribution is 0.0970. The zero-order valence-corrected chi connectivity index (χ0v) is 28.0. The number of aromatic nitrogens is 7. The number of nitrogens with one attached hydrogen (secondary N) is 1. The first-order chi connectivity index (χ1) is 23.8. The van der Waals surface area contributed by atoms with Crippen LogP contribution in [-0.4, -0.2) is 86.4 Å². The largest absolute Gasteiger partial charge is 0.383 e. The third kappa shape index (κ3) is 7.32. The monoisotopic (exact) mass is 669 g/mol. The van der Waals surface area contributed by atoms with Gasteiger partial charge in [0.2, 0.25) is 0 Å². The average molecular weight is 670 g/mol. The van der Waals surface area contributed by atoms with Crippen molar-refractivity contribution in [2.75, 3.05) is 50.3 Å². The topological polar surface area (TPSA) is 170 Å². The fraction of sp³-hybridized carbons (Fsp3) is 0.353. The minimum absolute atomic E-state index is 0.0758. The van der Waals surface area contributed by atoms with E-state index in [-0.39, 0.29) is 67.4 Å². The number of aromatic amines is 1. The van der Waals surface area contributed by atoms with Gasteiger partial charge in [0.05, 0.1) is 43.0 Å². The molecule has 1 N–H and O–H groups in total. The molecule has 15 nitrogen and oxygen atoms in total. The van der Waals surface area contributed by atoms with Crippen LogP contribution in [0.3, 0.4) is 0 Å². The maximum atomic E-state index is 14.1. The van der Waals surface area contributed by atoms with Crippen LogP contribution in [0.2, 0.25) is 0 Å². The van der Waals surface area contributed by atoms with Gasteiger partial charge in [-0.25, -0.2) is 14.8 Å². The Hall–Kier alpha value is -5.54. The molecule has 0 unspecified atom stereocenters. The van der Waals surface area contributed by atoms with Gasteiger partial charge in [-0.3, -0.25) is 43.3 Å². The predicted octanol–water partition coefficient (Wildman–Crippen LogP) is 3.14. The number of hydrogen-bond acceptors (Lipinski definition) is 10. The van der Waals surface area contributed by atoms with Gasteiger partial charge in [-0.1, -0.05) is 13.8 Å². The number of H-pyrrole nitrogens is 1. The van der Waals surface area contributed by atoms with E-state index in [9.17, 15) is 19.2 Å². The van der Waals surface area contributed by atoms with Gasteiger partial charge in [-0.2, -0.15) is 0 Å². The molecule has 5 rings (SSSR count). The zero-order chi connectivity index (χ0) is 34.9. The van der Waals surface area contributed by atoms with Gasteiger partial charge in [0.25, 0.3) is 17.4 Å². The van der Waals surface area contributed by atoms with Crippen molar-refractivity contribution in [1.29, 1.82) is 0 Å². The Kier molecular flexibility index (Phi) is 11.4. The highest BCUT2D eigenvalue weighted by Crippen LogP contribution is 2.32. The number of methoxy groups -OCH3 is 2. The van der Waals surface area contributed by atoms with E-state index in [1.807, 2.05) is 13.8 Å². The van der Waals surface area contributed by atoms with Crippen LogP contribution < -0.4 is 21.0 Å². The van der Waals surface area contributed by atoms with Crippen LogP contribution in [0.4, 0.5) is 11.6 Å². The molecule has 0 aromatic carbocycles. The number of carbonyl (C=O) groups is 2. The molecule has 49 heavy (non-hydrogen) atoms.